The minimum atomic E-state index is -0.401. The first-order valence-corrected chi connectivity index (χ1v) is 10.5. The zero-order valence-electron chi connectivity index (χ0n) is 16.0. The lowest BCUT2D eigenvalue weighted by Crippen LogP contribution is -2.00. The molecule has 0 aliphatic rings. The van der Waals surface area contributed by atoms with Crippen LogP contribution in [0.15, 0.2) is 78.0 Å². The summed E-state index contributed by atoms with van der Waals surface area (Å²) in [6.45, 7) is 2.04. The lowest BCUT2D eigenvalue weighted by Gasteiger charge is -2.11. The van der Waals surface area contributed by atoms with E-state index in [1.54, 1.807) is 12.1 Å². The van der Waals surface area contributed by atoms with Crippen LogP contribution in [0, 0.1) is 17.0 Å². The van der Waals surface area contributed by atoms with Gasteiger partial charge in [0.15, 0.2) is 11.0 Å². The van der Waals surface area contributed by atoms with E-state index in [4.69, 9.17) is 11.6 Å². The van der Waals surface area contributed by atoms with Crippen LogP contribution < -0.4 is 0 Å². The molecule has 0 fully saturated rings. The molecule has 4 rings (SSSR count). The predicted molar refractivity (Wildman–Crippen MR) is 119 cm³/mol. The van der Waals surface area contributed by atoms with Crippen LogP contribution in [0.1, 0.15) is 11.1 Å². The summed E-state index contributed by atoms with van der Waals surface area (Å²) >= 11 is 7.59. The maximum Gasteiger partial charge on any atom is 0.269 e. The summed E-state index contributed by atoms with van der Waals surface area (Å²) < 4.78 is 2.00. The van der Waals surface area contributed by atoms with Gasteiger partial charge in [-0.2, -0.15) is 0 Å². The van der Waals surface area contributed by atoms with E-state index in [0.717, 1.165) is 27.8 Å². The lowest BCUT2D eigenvalue weighted by molar-refractivity contribution is -0.384. The fraction of sp³-hybridized carbons (Fsp3) is 0.0909. The molecule has 0 amide bonds. The van der Waals surface area contributed by atoms with Crippen molar-refractivity contribution in [2.75, 3.05) is 0 Å². The van der Waals surface area contributed by atoms with Crippen LogP contribution in [0.5, 0.6) is 0 Å². The number of benzene rings is 3. The molecule has 0 spiro atoms. The third-order valence-corrected chi connectivity index (χ3v) is 5.80. The smallest absolute Gasteiger partial charge is 0.269 e. The Morgan fingerprint density at radius 1 is 0.967 bits per heavy atom. The minimum absolute atomic E-state index is 0.0785. The molecule has 0 saturated heterocycles. The molecule has 30 heavy (non-hydrogen) atoms. The monoisotopic (exact) mass is 436 g/mol. The third kappa shape index (κ3) is 4.37. The van der Waals surface area contributed by atoms with Crippen LogP contribution >= 0.6 is 23.4 Å². The number of halogens is 1. The molecule has 0 N–H and O–H groups in total. The van der Waals surface area contributed by atoms with Gasteiger partial charge in [-0.1, -0.05) is 65.3 Å². The van der Waals surface area contributed by atoms with E-state index in [9.17, 15) is 10.1 Å². The van der Waals surface area contributed by atoms with Gasteiger partial charge >= 0.3 is 0 Å². The molecule has 1 heterocycles. The summed E-state index contributed by atoms with van der Waals surface area (Å²) in [7, 11) is 0. The van der Waals surface area contributed by atoms with Gasteiger partial charge in [0.1, 0.15) is 0 Å². The number of nitro groups is 1. The van der Waals surface area contributed by atoms with Gasteiger partial charge in [-0.3, -0.25) is 14.7 Å². The van der Waals surface area contributed by atoms with Crippen molar-refractivity contribution in [2.45, 2.75) is 17.8 Å². The Balaban J connectivity index is 1.67. The second-order valence-corrected chi connectivity index (χ2v) is 8.08. The Bertz CT molecular complexity index is 1170. The van der Waals surface area contributed by atoms with Crippen molar-refractivity contribution in [3.05, 3.63) is 99.1 Å². The Hall–Kier alpha value is -3.16. The van der Waals surface area contributed by atoms with Crippen LogP contribution in [0.2, 0.25) is 5.02 Å². The molecular weight excluding hydrogens is 420 g/mol. The van der Waals surface area contributed by atoms with Gasteiger partial charge in [0.05, 0.1) is 4.92 Å². The highest BCUT2D eigenvalue weighted by molar-refractivity contribution is 7.98. The van der Waals surface area contributed by atoms with Gasteiger partial charge in [0.25, 0.3) is 5.69 Å². The molecule has 150 valence electrons. The summed E-state index contributed by atoms with van der Waals surface area (Å²) in [5.74, 6) is 1.35. The van der Waals surface area contributed by atoms with Crippen LogP contribution in [-0.2, 0) is 5.75 Å². The van der Waals surface area contributed by atoms with Crippen molar-refractivity contribution in [3.63, 3.8) is 0 Å². The van der Waals surface area contributed by atoms with Crippen molar-refractivity contribution < 1.29 is 4.92 Å². The summed E-state index contributed by atoms with van der Waals surface area (Å²) in [5, 5.41) is 21.1. The normalized spacial score (nSPS) is 10.9. The van der Waals surface area contributed by atoms with E-state index in [2.05, 4.69) is 10.2 Å². The zero-order chi connectivity index (χ0) is 21.1. The van der Waals surface area contributed by atoms with E-state index in [-0.39, 0.29) is 5.69 Å². The van der Waals surface area contributed by atoms with Crippen molar-refractivity contribution >= 4 is 29.1 Å². The van der Waals surface area contributed by atoms with Crippen molar-refractivity contribution in [3.8, 4) is 17.1 Å². The van der Waals surface area contributed by atoms with Crippen molar-refractivity contribution in [2.24, 2.45) is 0 Å². The maximum atomic E-state index is 10.8. The fourth-order valence-electron chi connectivity index (χ4n) is 2.94. The van der Waals surface area contributed by atoms with Gasteiger partial charge < -0.3 is 0 Å². The van der Waals surface area contributed by atoms with Crippen LogP contribution in [0.25, 0.3) is 17.1 Å². The molecule has 0 aliphatic carbocycles. The summed E-state index contributed by atoms with van der Waals surface area (Å²) in [6, 6.07) is 22.2. The van der Waals surface area contributed by atoms with Crippen LogP contribution in [0.3, 0.4) is 0 Å². The summed E-state index contributed by atoms with van der Waals surface area (Å²) in [6.07, 6.45) is 0. The number of non-ortho nitro benzene ring substituents is 1. The second kappa shape index (κ2) is 8.69. The zero-order valence-corrected chi connectivity index (χ0v) is 17.6. The average Bonchev–Trinajstić information content (AvgIpc) is 3.17. The van der Waals surface area contributed by atoms with Crippen LogP contribution in [-0.4, -0.2) is 19.7 Å². The fourth-order valence-corrected chi connectivity index (χ4v) is 3.97. The van der Waals surface area contributed by atoms with E-state index < -0.39 is 4.92 Å². The number of hydrogen-bond donors (Lipinski definition) is 0. The van der Waals surface area contributed by atoms with Crippen LogP contribution in [0.4, 0.5) is 5.69 Å². The van der Waals surface area contributed by atoms with Gasteiger partial charge in [0.2, 0.25) is 0 Å². The molecule has 4 aromatic rings. The lowest BCUT2D eigenvalue weighted by atomic mass is 10.1. The third-order valence-electron chi connectivity index (χ3n) is 4.54. The number of rotatable bonds is 6. The van der Waals surface area contributed by atoms with E-state index in [1.165, 1.54) is 29.5 Å². The topological polar surface area (TPSA) is 73.8 Å². The number of aryl methyl sites for hydroxylation is 1. The van der Waals surface area contributed by atoms with Gasteiger partial charge in [-0.25, -0.2) is 0 Å². The Morgan fingerprint density at radius 2 is 1.63 bits per heavy atom. The average molecular weight is 437 g/mol. The highest BCUT2D eigenvalue weighted by Gasteiger charge is 2.16. The molecule has 0 atom stereocenters. The molecule has 3 aromatic carbocycles. The van der Waals surface area contributed by atoms with E-state index in [0.29, 0.717) is 10.8 Å². The Kier molecular flexibility index (Phi) is 5.83. The molecule has 0 bridgehead atoms. The summed E-state index contributed by atoms with van der Waals surface area (Å²) in [5.41, 5.74) is 4.09. The van der Waals surface area contributed by atoms with Crippen molar-refractivity contribution in [1.82, 2.24) is 14.8 Å². The molecule has 0 unspecified atom stereocenters. The predicted octanol–water partition coefficient (Wildman–Crippen LogP) is 6.10. The Labute approximate surface area is 182 Å². The number of hydrogen-bond acceptors (Lipinski definition) is 5. The number of nitrogens with zero attached hydrogens (tertiary/aromatic N) is 4. The maximum absolute atomic E-state index is 10.8. The SMILES string of the molecule is Cc1ccc(-c2nnc(SCc3ccc([N+](=O)[O-])cc3)n2-c2ccc(Cl)cc2)cc1. The highest BCUT2D eigenvalue weighted by atomic mass is 35.5. The quantitative estimate of drug-likeness (QED) is 0.207. The molecule has 0 saturated carbocycles. The standard InChI is InChI=1S/C22H17ClN4O2S/c1-15-2-6-17(7-3-15)21-24-25-22(26(21)19-12-8-18(23)9-13-19)30-14-16-4-10-20(11-5-16)27(28)29/h2-13H,14H2,1H3. The minimum Gasteiger partial charge on any atom is -0.270 e. The summed E-state index contributed by atoms with van der Waals surface area (Å²) in [4.78, 5) is 10.4. The number of nitro benzene ring substituents is 1. The molecule has 0 radical (unpaired) electrons. The molecule has 0 aliphatic heterocycles. The second-order valence-electron chi connectivity index (χ2n) is 6.70. The number of aromatic nitrogens is 3. The van der Waals surface area contributed by atoms with Gasteiger partial charge in [0, 0.05) is 34.2 Å². The van der Waals surface area contributed by atoms with E-state index in [1.807, 2.05) is 60.0 Å². The first-order chi connectivity index (χ1) is 14.5. The molecule has 8 heteroatoms. The molecule has 1 aromatic heterocycles. The first kappa shape index (κ1) is 20.1. The highest BCUT2D eigenvalue weighted by Crippen LogP contribution is 2.30. The van der Waals surface area contributed by atoms with E-state index >= 15 is 0 Å². The first-order valence-electron chi connectivity index (χ1n) is 9.16. The number of thioether (sulfide) groups is 1. The Morgan fingerprint density at radius 3 is 2.27 bits per heavy atom. The largest absolute Gasteiger partial charge is 0.270 e. The molecule has 6 nitrogen and oxygen atoms in total. The van der Waals surface area contributed by atoms with Crippen molar-refractivity contribution in [1.29, 1.82) is 0 Å². The van der Waals surface area contributed by atoms with Gasteiger partial charge in [-0.05, 0) is 36.8 Å². The van der Waals surface area contributed by atoms with Gasteiger partial charge in [-0.15, -0.1) is 10.2 Å². The molecular formula is C22H17ClN4O2S.